The predicted octanol–water partition coefficient (Wildman–Crippen LogP) is 3.05. The largest absolute Gasteiger partial charge is 0.496 e. The third kappa shape index (κ3) is 3.68. The second-order valence-electron chi connectivity index (χ2n) is 6.70. The van der Waals surface area contributed by atoms with Gasteiger partial charge in [-0.3, -0.25) is 4.72 Å². The van der Waals surface area contributed by atoms with Crippen molar-refractivity contribution in [2.75, 3.05) is 25.9 Å². The van der Waals surface area contributed by atoms with E-state index < -0.39 is 15.8 Å². The van der Waals surface area contributed by atoms with Gasteiger partial charge in [0.1, 0.15) is 11.6 Å². The topological polar surface area (TPSA) is 58.6 Å². The lowest BCUT2D eigenvalue weighted by molar-refractivity contribution is 0.263. The molecule has 0 radical (unpaired) electrons. The first-order chi connectivity index (χ1) is 12.3. The number of methoxy groups -OCH3 is 1. The molecular formula is C19H23FN2O3S. The zero-order valence-corrected chi connectivity index (χ0v) is 15.9. The normalized spacial score (nSPS) is 17.0. The van der Waals surface area contributed by atoms with Crippen LogP contribution in [0.5, 0.6) is 5.75 Å². The van der Waals surface area contributed by atoms with Gasteiger partial charge in [0.25, 0.3) is 10.0 Å². The number of benzene rings is 2. The molecule has 3 rings (SSSR count). The number of ether oxygens (including phenoxy) is 1. The molecule has 26 heavy (non-hydrogen) atoms. The van der Waals surface area contributed by atoms with Crippen LogP contribution in [-0.2, 0) is 22.9 Å². The highest BCUT2D eigenvalue weighted by Crippen LogP contribution is 2.36. The Morgan fingerprint density at radius 1 is 1.19 bits per heavy atom. The number of halogens is 1. The smallest absolute Gasteiger partial charge is 0.262 e. The molecular weight excluding hydrogens is 355 g/mol. The number of nitrogens with one attached hydrogen (secondary N) is 1. The maximum Gasteiger partial charge on any atom is 0.262 e. The van der Waals surface area contributed by atoms with E-state index in [1.165, 1.54) is 18.2 Å². The molecule has 0 aromatic heterocycles. The van der Waals surface area contributed by atoms with Gasteiger partial charge in [-0.1, -0.05) is 6.07 Å². The SMILES string of the molecule is COc1ccc(S(=O)(=O)Nc2cccc(F)c2)c2c1C[C@@H](N(C)C)CC2. The summed E-state index contributed by atoms with van der Waals surface area (Å²) in [6.45, 7) is 0. The summed E-state index contributed by atoms with van der Waals surface area (Å²) in [6, 6.07) is 9.03. The molecule has 0 heterocycles. The second-order valence-corrected chi connectivity index (χ2v) is 8.35. The van der Waals surface area contributed by atoms with Crippen molar-refractivity contribution < 1.29 is 17.5 Å². The maximum atomic E-state index is 13.4. The van der Waals surface area contributed by atoms with Gasteiger partial charge < -0.3 is 9.64 Å². The van der Waals surface area contributed by atoms with Crippen LogP contribution in [0.4, 0.5) is 10.1 Å². The van der Waals surface area contributed by atoms with Crippen molar-refractivity contribution in [3.05, 3.63) is 53.3 Å². The Morgan fingerprint density at radius 2 is 1.96 bits per heavy atom. The lowest BCUT2D eigenvalue weighted by atomic mass is 9.87. The van der Waals surface area contributed by atoms with Crippen molar-refractivity contribution in [3.8, 4) is 5.75 Å². The van der Waals surface area contributed by atoms with Gasteiger partial charge >= 0.3 is 0 Å². The number of fused-ring (bicyclic) bond motifs is 1. The highest BCUT2D eigenvalue weighted by Gasteiger charge is 2.29. The Morgan fingerprint density at radius 3 is 2.62 bits per heavy atom. The summed E-state index contributed by atoms with van der Waals surface area (Å²) in [4.78, 5) is 2.38. The molecule has 2 aromatic rings. The minimum absolute atomic E-state index is 0.205. The summed E-state index contributed by atoms with van der Waals surface area (Å²) < 4.78 is 47.1. The van der Waals surface area contributed by atoms with Crippen LogP contribution in [0.15, 0.2) is 41.3 Å². The van der Waals surface area contributed by atoms with E-state index in [2.05, 4.69) is 9.62 Å². The lowest BCUT2D eigenvalue weighted by Gasteiger charge is -2.31. The highest BCUT2D eigenvalue weighted by molar-refractivity contribution is 7.92. The van der Waals surface area contributed by atoms with Gasteiger partial charge in [0, 0.05) is 11.6 Å². The average Bonchev–Trinajstić information content (AvgIpc) is 2.59. The van der Waals surface area contributed by atoms with Crippen LogP contribution in [-0.4, -0.2) is 40.6 Å². The van der Waals surface area contributed by atoms with Crippen molar-refractivity contribution in [2.24, 2.45) is 0 Å². The number of anilines is 1. The molecule has 1 aliphatic carbocycles. The quantitative estimate of drug-likeness (QED) is 0.869. The van der Waals surface area contributed by atoms with Gasteiger partial charge in [-0.15, -0.1) is 0 Å². The van der Waals surface area contributed by atoms with E-state index in [9.17, 15) is 12.8 Å². The zero-order chi connectivity index (χ0) is 18.9. The summed E-state index contributed by atoms with van der Waals surface area (Å²) in [5, 5.41) is 0. The Bertz CT molecular complexity index is 913. The second kappa shape index (κ2) is 7.25. The standard InChI is InChI=1S/C19H23FN2O3S/c1-22(2)15-7-8-16-17(12-15)18(25-3)9-10-19(16)26(23,24)21-14-6-4-5-13(20)11-14/h4-6,9-11,15,21H,7-8,12H2,1-3H3/t15-/m0/s1. The summed E-state index contributed by atoms with van der Waals surface area (Å²) >= 11 is 0. The predicted molar refractivity (Wildman–Crippen MR) is 99.7 cm³/mol. The number of likely N-dealkylation sites (N-methyl/N-ethyl adjacent to an activating group) is 1. The number of nitrogens with zero attached hydrogens (tertiary/aromatic N) is 1. The Balaban J connectivity index is 2.02. The molecule has 7 heteroatoms. The first-order valence-electron chi connectivity index (χ1n) is 8.45. The van der Waals surface area contributed by atoms with Gasteiger partial charge in [0.2, 0.25) is 0 Å². The lowest BCUT2D eigenvalue weighted by Crippen LogP contribution is -2.34. The van der Waals surface area contributed by atoms with Crippen molar-refractivity contribution in [3.63, 3.8) is 0 Å². The van der Waals surface area contributed by atoms with Gasteiger partial charge in [0.15, 0.2) is 0 Å². The van der Waals surface area contributed by atoms with Gasteiger partial charge in [-0.05, 0) is 69.3 Å². The molecule has 0 aliphatic heterocycles. The fourth-order valence-corrected chi connectivity index (χ4v) is 4.79. The monoisotopic (exact) mass is 378 g/mol. The molecule has 1 aliphatic rings. The molecule has 1 atom stereocenters. The summed E-state index contributed by atoms with van der Waals surface area (Å²) in [5.41, 5.74) is 1.92. The Kier molecular flexibility index (Phi) is 5.20. The number of rotatable bonds is 5. The number of hydrogen-bond acceptors (Lipinski definition) is 4. The van der Waals surface area contributed by atoms with E-state index >= 15 is 0 Å². The van der Waals surface area contributed by atoms with E-state index in [4.69, 9.17) is 4.74 Å². The van der Waals surface area contributed by atoms with Crippen LogP contribution < -0.4 is 9.46 Å². The van der Waals surface area contributed by atoms with Crippen LogP contribution in [0, 0.1) is 5.82 Å². The molecule has 1 N–H and O–H groups in total. The summed E-state index contributed by atoms with van der Waals surface area (Å²) in [6.07, 6.45) is 2.25. The van der Waals surface area contributed by atoms with Crippen molar-refractivity contribution >= 4 is 15.7 Å². The van der Waals surface area contributed by atoms with Crippen LogP contribution in [0.2, 0.25) is 0 Å². The molecule has 2 aromatic carbocycles. The number of hydrogen-bond donors (Lipinski definition) is 1. The van der Waals surface area contributed by atoms with Gasteiger partial charge in [-0.2, -0.15) is 0 Å². The van der Waals surface area contributed by atoms with Gasteiger partial charge in [-0.25, -0.2) is 12.8 Å². The zero-order valence-electron chi connectivity index (χ0n) is 15.1. The van der Waals surface area contributed by atoms with E-state index in [0.29, 0.717) is 18.2 Å². The van der Waals surface area contributed by atoms with Gasteiger partial charge in [0.05, 0.1) is 17.7 Å². The van der Waals surface area contributed by atoms with Crippen LogP contribution in [0.3, 0.4) is 0 Å². The average molecular weight is 378 g/mol. The fraction of sp³-hybridized carbons (Fsp3) is 0.368. The first kappa shape index (κ1) is 18.7. The van der Waals surface area contributed by atoms with E-state index in [-0.39, 0.29) is 10.6 Å². The first-order valence-corrected chi connectivity index (χ1v) is 9.93. The van der Waals surface area contributed by atoms with E-state index in [0.717, 1.165) is 30.0 Å². The third-order valence-electron chi connectivity index (χ3n) is 4.83. The van der Waals surface area contributed by atoms with Crippen molar-refractivity contribution in [2.45, 2.75) is 30.2 Å². The van der Waals surface area contributed by atoms with Crippen LogP contribution in [0.25, 0.3) is 0 Å². The van der Waals surface area contributed by atoms with Crippen molar-refractivity contribution in [1.82, 2.24) is 4.90 Å². The van der Waals surface area contributed by atoms with Crippen molar-refractivity contribution in [1.29, 1.82) is 0 Å². The minimum Gasteiger partial charge on any atom is -0.496 e. The molecule has 0 saturated heterocycles. The van der Waals surface area contributed by atoms with Crippen LogP contribution >= 0.6 is 0 Å². The van der Waals surface area contributed by atoms with Crippen LogP contribution in [0.1, 0.15) is 17.5 Å². The molecule has 0 bridgehead atoms. The molecule has 0 fully saturated rings. The van der Waals surface area contributed by atoms with E-state index in [1.54, 1.807) is 19.2 Å². The molecule has 0 unspecified atom stereocenters. The molecule has 0 saturated carbocycles. The maximum absolute atomic E-state index is 13.4. The van der Waals surface area contributed by atoms with E-state index in [1.807, 2.05) is 14.1 Å². The molecule has 140 valence electrons. The molecule has 5 nitrogen and oxygen atoms in total. The fourth-order valence-electron chi connectivity index (χ4n) is 3.44. The minimum atomic E-state index is -3.82. The Hall–Kier alpha value is -2.12. The molecule has 0 spiro atoms. The summed E-state index contributed by atoms with van der Waals surface area (Å²) in [7, 11) is 1.82. The molecule has 0 amide bonds. The number of sulfonamides is 1. The third-order valence-corrected chi connectivity index (χ3v) is 6.30. The summed E-state index contributed by atoms with van der Waals surface area (Å²) in [5.74, 6) is 0.215. The highest BCUT2D eigenvalue weighted by atomic mass is 32.2. The Labute approximate surface area is 153 Å².